The molecular weight excluding hydrogens is 150 g/mol. The predicted molar refractivity (Wildman–Crippen MR) is 49.9 cm³/mol. The third-order valence-electron chi connectivity index (χ3n) is 2.12. The van der Waals surface area contributed by atoms with E-state index in [4.69, 9.17) is 11.2 Å². The smallest absolute Gasteiger partial charge is 0.0643 e. The van der Waals surface area contributed by atoms with Gasteiger partial charge in [-0.25, -0.2) is 0 Å². The Bertz CT molecular complexity index is 181. The van der Waals surface area contributed by atoms with Crippen LogP contribution in [0.2, 0.25) is 0 Å². The molecular formula is C10H17NO. The van der Waals surface area contributed by atoms with Gasteiger partial charge in [-0.05, 0) is 20.3 Å². The average Bonchev–Trinajstić information content (AvgIpc) is 2.31. The average molecular weight is 167 g/mol. The van der Waals surface area contributed by atoms with Crippen molar-refractivity contribution in [1.82, 2.24) is 5.32 Å². The molecule has 68 valence electrons. The Morgan fingerprint density at radius 3 is 2.92 bits per heavy atom. The third-order valence-corrected chi connectivity index (χ3v) is 2.12. The van der Waals surface area contributed by atoms with Crippen LogP contribution in [0, 0.1) is 12.3 Å². The Labute approximate surface area is 74.7 Å². The number of hydrogen-bond acceptors (Lipinski definition) is 2. The highest BCUT2D eigenvalue weighted by Crippen LogP contribution is 2.24. The molecule has 2 nitrogen and oxygen atoms in total. The molecule has 1 heterocycles. The summed E-state index contributed by atoms with van der Waals surface area (Å²) in [5.41, 5.74) is 0.0494. The van der Waals surface area contributed by atoms with E-state index in [1.54, 1.807) is 0 Å². The minimum Gasteiger partial charge on any atom is -0.374 e. The van der Waals surface area contributed by atoms with E-state index in [0.717, 1.165) is 26.0 Å². The predicted octanol–water partition coefficient (Wildman–Crippen LogP) is 1.17. The Morgan fingerprint density at radius 1 is 1.67 bits per heavy atom. The van der Waals surface area contributed by atoms with Crippen LogP contribution < -0.4 is 5.32 Å². The van der Waals surface area contributed by atoms with Crippen molar-refractivity contribution in [2.24, 2.45) is 0 Å². The van der Waals surface area contributed by atoms with E-state index in [2.05, 4.69) is 25.1 Å². The fourth-order valence-electron chi connectivity index (χ4n) is 1.52. The van der Waals surface area contributed by atoms with E-state index >= 15 is 0 Å². The topological polar surface area (TPSA) is 21.3 Å². The van der Waals surface area contributed by atoms with Crippen molar-refractivity contribution in [3.05, 3.63) is 0 Å². The van der Waals surface area contributed by atoms with Gasteiger partial charge >= 0.3 is 0 Å². The van der Waals surface area contributed by atoms with Gasteiger partial charge in [0.2, 0.25) is 0 Å². The number of terminal acetylenes is 1. The molecule has 1 atom stereocenters. The minimum absolute atomic E-state index is 0.0494. The van der Waals surface area contributed by atoms with Gasteiger partial charge in [-0.3, -0.25) is 0 Å². The summed E-state index contributed by atoms with van der Waals surface area (Å²) in [4.78, 5) is 0. The lowest BCUT2D eigenvalue weighted by molar-refractivity contribution is 0.0357. The van der Waals surface area contributed by atoms with Gasteiger partial charge in [0.25, 0.3) is 0 Å². The van der Waals surface area contributed by atoms with Gasteiger partial charge in [-0.1, -0.05) is 0 Å². The quantitative estimate of drug-likeness (QED) is 0.503. The maximum atomic E-state index is 5.57. The lowest BCUT2D eigenvalue weighted by Gasteiger charge is -2.15. The second-order valence-electron chi connectivity index (χ2n) is 3.88. The number of rotatable bonds is 3. The van der Waals surface area contributed by atoms with Crippen LogP contribution in [0.3, 0.4) is 0 Å². The molecule has 1 unspecified atom stereocenters. The number of hydrogen-bond donors (Lipinski definition) is 1. The molecule has 1 fully saturated rings. The first-order chi connectivity index (χ1) is 5.64. The Kier molecular flexibility index (Phi) is 3.13. The van der Waals surface area contributed by atoms with Crippen LogP contribution in [0.15, 0.2) is 0 Å². The fraction of sp³-hybridized carbons (Fsp3) is 0.800. The molecule has 0 aliphatic carbocycles. The van der Waals surface area contributed by atoms with Crippen LogP contribution in [0.1, 0.15) is 26.7 Å². The summed E-state index contributed by atoms with van der Waals surface area (Å²) in [5, 5.41) is 3.37. The summed E-state index contributed by atoms with van der Waals surface area (Å²) in [7, 11) is 0. The second kappa shape index (κ2) is 3.93. The molecule has 0 aromatic rings. The normalized spacial score (nSPS) is 26.9. The Hall–Kier alpha value is -0.520. The molecule has 1 aliphatic rings. The van der Waals surface area contributed by atoms with E-state index in [9.17, 15) is 0 Å². The van der Waals surface area contributed by atoms with Crippen molar-refractivity contribution in [2.45, 2.75) is 38.3 Å². The molecule has 0 bridgehead atoms. The van der Waals surface area contributed by atoms with E-state index in [0.29, 0.717) is 6.04 Å². The zero-order valence-electron chi connectivity index (χ0n) is 7.89. The van der Waals surface area contributed by atoms with Crippen LogP contribution in [-0.2, 0) is 4.74 Å². The maximum Gasteiger partial charge on any atom is 0.0643 e. The van der Waals surface area contributed by atoms with Crippen molar-refractivity contribution >= 4 is 0 Å². The van der Waals surface area contributed by atoms with Gasteiger partial charge in [0, 0.05) is 19.0 Å². The van der Waals surface area contributed by atoms with Gasteiger partial charge in [-0.2, -0.15) is 0 Å². The maximum absolute atomic E-state index is 5.57. The lowest BCUT2D eigenvalue weighted by Crippen LogP contribution is -2.31. The van der Waals surface area contributed by atoms with E-state index in [-0.39, 0.29) is 5.60 Å². The summed E-state index contributed by atoms with van der Waals surface area (Å²) in [6.45, 7) is 5.96. The van der Waals surface area contributed by atoms with Crippen LogP contribution in [-0.4, -0.2) is 24.8 Å². The molecule has 12 heavy (non-hydrogen) atoms. The molecule has 1 saturated heterocycles. The first-order valence-corrected chi connectivity index (χ1v) is 4.45. The largest absolute Gasteiger partial charge is 0.374 e. The standard InChI is InChI=1S/C10H17NO/c1-4-5-6-11-9-7-10(2,3)12-8-9/h1,9,11H,5-8H2,2-3H3. The highest BCUT2D eigenvalue weighted by atomic mass is 16.5. The zero-order valence-corrected chi connectivity index (χ0v) is 7.89. The van der Waals surface area contributed by atoms with Crippen molar-refractivity contribution < 1.29 is 4.74 Å². The molecule has 1 aliphatic heterocycles. The molecule has 2 heteroatoms. The third kappa shape index (κ3) is 2.84. The first kappa shape index (κ1) is 9.57. The summed E-state index contributed by atoms with van der Waals surface area (Å²) in [5.74, 6) is 2.61. The highest BCUT2D eigenvalue weighted by Gasteiger charge is 2.31. The molecule has 0 aromatic carbocycles. The molecule has 1 rings (SSSR count). The van der Waals surface area contributed by atoms with Gasteiger partial charge in [0.1, 0.15) is 0 Å². The van der Waals surface area contributed by atoms with E-state index in [1.807, 2.05) is 0 Å². The van der Waals surface area contributed by atoms with Crippen LogP contribution in [0.5, 0.6) is 0 Å². The van der Waals surface area contributed by atoms with E-state index < -0.39 is 0 Å². The Balaban J connectivity index is 2.16. The summed E-state index contributed by atoms with van der Waals surface area (Å²) < 4.78 is 5.57. The number of ether oxygens (including phenoxy) is 1. The molecule has 0 aromatic heterocycles. The van der Waals surface area contributed by atoms with Crippen molar-refractivity contribution in [3.8, 4) is 12.3 Å². The lowest BCUT2D eigenvalue weighted by atomic mass is 10.0. The highest BCUT2D eigenvalue weighted by molar-refractivity contribution is 4.88. The van der Waals surface area contributed by atoms with Crippen LogP contribution in [0.4, 0.5) is 0 Å². The molecule has 0 saturated carbocycles. The molecule has 0 spiro atoms. The minimum atomic E-state index is 0.0494. The summed E-state index contributed by atoms with van der Waals surface area (Å²) in [6.07, 6.45) is 7.03. The van der Waals surface area contributed by atoms with Crippen molar-refractivity contribution in [1.29, 1.82) is 0 Å². The Morgan fingerprint density at radius 2 is 2.42 bits per heavy atom. The summed E-state index contributed by atoms with van der Waals surface area (Å²) >= 11 is 0. The molecule has 0 radical (unpaired) electrons. The van der Waals surface area contributed by atoms with Crippen LogP contribution in [0.25, 0.3) is 0 Å². The summed E-state index contributed by atoms with van der Waals surface area (Å²) in [6, 6.07) is 0.494. The van der Waals surface area contributed by atoms with Gasteiger partial charge in [-0.15, -0.1) is 12.3 Å². The zero-order chi connectivity index (χ0) is 9.03. The van der Waals surface area contributed by atoms with Crippen molar-refractivity contribution in [3.63, 3.8) is 0 Å². The molecule has 1 N–H and O–H groups in total. The molecule has 0 amide bonds. The van der Waals surface area contributed by atoms with Gasteiger partial charge in [0.15, 0.2) is 0 Å². The second-order valence-corrected chi connectivity index (χ2v) is 3.88. The number of nitrogens with one attached hydrogen (secondary N) is 1. The van der Waals surface area contributed by atoms with Crippen LogP contribution >= 0.6 is 0 Å². The van der Waals surface area contributed by atoms with Crippen molar-refractivity contribution in [2.75, 3.05) is 13.2 Å². The fourth-order valence-corrected chi connectivity index (χ4v) is 1.52. The van der Waals surface area contributed by atoms with Gasteiger partial charge in [0.05, 0.1) is 12.2 Å². The monoisotopic (exact) mass is 167 g/mol. The SMILES string of the molecule is C#CCCNC1COC(C)(C)C1. The first-order valence-electron chi connectivity index (χ1n) is 4.45. The van der Waals surface area contributed by atoms with Gasteiger partial charge < -0.3 is 10.1 Å². The van der Waals surface area contributed by atoms with E-state index in [1.165, 1.54) is 0 Å².